The van der Waals surface area contributed by atoms with Gasteiger partial charge in [0.15, 0.2) is 0 Å². The monoisotopic (exact) mass is 434 g/mol. The number of sulfonamides is 2. The average Bonchev–Trinajstić information content (AvgIpc) is 2.54. The number of nitrogens with one attached hydrogen (secondary N) is 1. The van der Waals surface area contributed by atoms with E-state index in [1.807, 2.05) is 0 Å². The minimum Gasteiger partial charge on any atom is -0.288 e. The van der Waals surface area contributed by atoms with Crippen LogP contribution in [0.15, 0.2) is 62.8 Å². The van der Waals surface area contributed by atoms with Crippen LogP contribution in [0, 0.1) is 0 Å². The van der Waals surface area contributed by atoms with Crippen molar-refractivity contribution < 1.29 is 21.7 Å². The highest BCUT2D eigenvalue weighted by Gasteiger charge is 2.21. The van der Waals surface area contributed by atoms with E-state index in [1.54, 1.807) is 12.1 Å². The SMILES string of the molecule is CON(C)S(=O)(=O)c1ccc(NS(=O)(=O)c2cccc(Br)c2)cc1. The first-order valence-electron chi connectivity index (χ1n) is 6.58. The minimum atomic E-state index is -3.78. The van der Waals surface area contributed by atoms with Gasteiger partial charge in [-0.15, -0.1) is 0 Å². The van der Waals surface area contributed by atoms with E-state index in [-0.39, 0.29) is 15.5 Å². The Balaban J connectivity index is 2.26. The molecule has 0 bridgehead atoms. The summed E-state index contributed by atoms with van der Waals surface area (Å²) >= 11 is 3.22. The molecule has 0 saturated carbocycles. The number of hydroxylamine groups is 1. The molecule has 0 aliphatic rings. The molecule has 0 atom stereocenters. The summed E-state index contributed by atoms with van der Waals surface area (Å²) in [5.74, 6) is 0. The summed E-state index contributed by atoms with van der Waals surface area (Å²) in [6.45, 7) is 0. The second-order valence-corrected chi connectivity index (χ2v) is 9.22. The third-order valence-corrected chi connectivity index (χ3v) is 6.67. The summed E-state index contributed by atoms with van der Waals surface area (Å²) in [4.78, 5) is 4.75. The fourth-order valence-electron chi connectivity index (χ4n) is 1.79. The number of hydrogen-bond donors (Lipinski definition) is 1. The Bertz CT molecular complexity index is 928. The first-order chi connectivity index (χ1) is 11.2. The molecule has 0 aliphatic heterocycles. The van der Waals surface area contributed by atoms with E-state index >= 15 is 0 Å². The zero-order chi connectivity index (χ0) is 18.0. The average molecular weight is 435 g/mol. The van der Waals surface area contributed by atoms with Gasteiger partial charge >= 0.3 is 0 Å². The minimum absolute atomic E-state index is 0.0164. The smallest absolute Gasteiger partial charge is 0.264 e. The first kappa shape index (κ1) is 18.9. The maximum atomic E-state index is 12.3. The molecule has 1 N–H and O–H groups in total. The second-order valence-electron chi connectivity index (χ2n) is 4.68. The van der Waals surface area contributed by atoms with Crippen LogP contribution in [0.4, 0.5) is 5.69 Å². The predicted octanol–water partition coefficient (Wildman–Crippen LogP) is 2.43. The van der Waals surface area contributed by atoms with Gasteiger partial charge in [-0.1, -0.05) is 26.5 Å². The molecule has 0 saturated heterocycles. The maximum absolute atomic E-state index is 12.3. The van der Waals surface area contributed by atoms with E-state index in [2.05, 4.69) is 25.5 Å². The van der Waals surface area contributed by atoms with Crippen molar-refractivity contribution >= 4 is 41.7 Å². The fraction of sp³-hybridized carbons (Fsp3) is 0.143. The van der Waals surface area contributed by atoms with Crippen LogP contribution in [0.2, 0.25) is 0 Å². The van der Waals surface area contributed by atoms with Crippen molar-refractivity contribution in [2.24, 2.45) is 0 Å². The molecule has 0 radical (unpaired) electrons. The molecule has 0 aromatic heterocycles. The molecule has 130 valence electrons. The molecule has 24 heavy (non-hydrogen) atoms. The van der Waals surface area contributed by atoms with Crippen molar-refractivity contribution in [3.05, 3.63) is 53.0 Å². The van der Waals surface area contributed by atoms with Crippen LogP contribution >= 0.6 is 15.9 Å². The Morgan fingerprint density at radius 3 is 2.17 bits per heavy atom. The lowest BCUT2D eigenvalue weighted by Gasteiger charge is -2.14. The van der Waals surface area contributed by atoms with Gasteiger partial charge in [0.1, 0.15) is 0 Å². The van der Waals surface area contributed by atoms with Gasteiger partial charge in [-0.05, 0) is 42.5 Å². The third-order valence-electron chi connectivity index (χ3n) is 3.11. The van der Waals surface area contributed by atoms with E-state index in [0.717, 1.165) is 0 Å². The molecule has 10 heteroatoms. The van der Waals surface area contributed by atoms with E-state index in [1.165, 1.54) is 50.6 Å². The van der Waals surface area contributed by atoms with Crippen molar-refractivity contribution in [2.45, 2.75) is 9.79 Å². The van der Waals surface area contributed by atoms with Crippen molar-refractivity contribution in [1.82, 2.24) is 4.47 Å². The summed E-state index contributed by atoms with van der Waals surface area (Å²) in [7, 11) is -5.05. The Kier molecular flexibility index (Phi) is 5.66. The highest BCUT2D eigenvalue weighted by molar-refractivity contribution is 9.10. The van der Waals surface area contributed by atoms with Crippen LogP contribution in [0.1, 0.15) is 0 Å². The standard InChI is InChI=1S/C14H15BrN2O5S2/c1-17(22-2)24(20,21)13-8-6-12(7-9-13)16-23(18,19)14-5-3-4-11(15)10-14/h3-10,16H,1-2H3. The van der Waals surface area contributed by atoms with Gasteiger partial charge in [-0.3, -0.25) is 9.56 Å². The molecule has 2 aromatic rings. The molecule has 0 amide bonds. The van der Waals surface area contributed by atoms with Crippen LogP contribution in [0.25, 0.3) is 0 Å². The molecule has 7 nitrogen and oxygen atoms in total. The van der Waals surface area contributed by atoms with Crippen LogP contribution in [0.5, 0.6) is 0 Å². The molecule has 2 aromatic carbocycles. The van der Waals surface area contributed by atoms with Gasteiger partial charge in [0.05, 0.1) is 16.9 Å². The third kappa shape index (κ3) is 4.14. The van der Waals surface area contributed by atoms with Gasteiger partial charge in [-0.25, -0.2) is 16.8 Å². The Hall–Kier alpha value is -1.46. The van der Waals surface area contributed by atoms with Crippen LogP contribution in [-0.4, -0.2) is 35.5 Å². The molecule has 0 aliphatic carbocycles. The largest absolute Gasteiger partial charge is 0.288 e. The first-order valence-corrected chi connectivity index (χ1v) is 10.3. The van der Waals surface area contributed by atoms with Crippen molar-refractivity contribution in [1.29, 1.82) is 0 Å². The topological polar surface area (TPSA) is 92.8 Å². The number of rotatable bonds is 6. The lowest BCUT2D eigenvalue weighted by molar-refractivity contribution is -0.0258. The quantitative estimate of drug-likeness (QED) is 0.704. The molecule has 0 heterocycles. The number of anilines is 1. The highest BCUT2D eigenvalue weighted by atomic mass is 79.9. The molecule has 2 rings (SSSR count). The number of hydrogen-bond acceptors (Lipinski definition) is 5. The zero-order valence-electron chi connectivity index (χ0n) is 12.8. The second kappa shape index (κ2) is 7.19. The molecule has 0 spiro atoms. The van der Waals surface area contributed by atoms with Gasteiger partial charge in [0.2, 0.25) is 0 Å². The van der Waals surface area contributed by atoms with Gasteiger partial charge in [0, 0.05) is 17.2 Å². The summed E-state index contributed by atoms with van der Waals surface area (Å²) in [6, 6.07) is 11.6. The van der Waals surface area contributed by atoms with E-state index in [4.69, 9.17) is 0 Å². The lowest BCUT2D eigenvalue weighted by atomic mass is 10.3. The number of nitrogens with zero attached hydrogens (tertiary/aromatic N) is 1. The van der Waals surface area contributed by atoms with Gasteiger partial charge in [0.25, 0.3) is 20.0 Å². The Labute approximate surface area is 149 Å². The molecular formula is C14H15BrN2O5S2. The van der Waals surface area contributed by atoms with Gasteiger partial charge in [-0.2, -0.15) is 0 Å². The van der Waals surface area contributed by atoms with E-state index in [9.17, 15) is 16.8 Å². The summed E-state index contributed by atoms with van der Waals surface area (Å²) in [6.07, 6.45) is 0. The van der Waals surface area contributed by atoms with Crippen molar-refractivity contribution in [3.63, 3.8) is 0 Å². The zero-order valence-corrected chi connectivity index (χ0v) is 16.0. The number of halogens is 1. The summed E-state index contributed by atoms with van der Waals surface area (Å²) in [5, 5.41) is 0. The van der Waals surface area contributed by atoms with Crippen molar-refractivity contribution in [3.8, 4) is 0 Å². The number of benzene rings is 2. The van der Waals surface area contributed by atoms with Crippen LogP contribution in [0.3, 0.4) is 0 Å². The highest BCUT2D eigenvalue weighted by Crippen LogP contribution is 2.21. The van der Waals surface area contributed by atoms with Gasteiger partial charge < -0.3 is 0 Å². The predicted molar refractivity (Wildman–Crippen MR) is 93.4 cm³/mol. The Morgan fingerprint density at radius 2 is 1.62 bits per heavy atom. The fourth-order valence-corrected chi connectivity index (χ4v) is 4.42. The maximum Gasteiger partial charge on any atom is 0.264 e. The molecular weight excluding hydrogens is 420 g/mol. The van der Waals surface area contributed by atoms with Crippen LogP contribution in [-0.2, 0) is 24.9 Å². The normalized spacial score (nSPS) is 12.3. The van der Waals surface area contributed by atoms with Crippen LogP contribution < -0.4 is 4.72 Å². The van der Waals surface area contributed by atoms with Crippen molar-refractivity contribution in [2.75, 3.05) is 18.9 Å². The summed E-state index contributed by atoms with van der Waals surface area (Å²) < 4.78 is 52.5. The Morgan fingerprint density at radius 1 is 1.00 bits per heavy atom. The molecule has 0 unspecified atom stereocenters. The van der Waals surface area contributed by atoms with E-state index in [0.29, 0.717) is 8.94 Å². The lowest BCUT2D eigenvalue weighted by Crippen LogP contribution is -2.25. The molecule has 0 fully saturated rings. The summed E-state index contributed by atoms with van der Waals surface area (Å²) in [5.41, 5.74) is 0.244. The van der Waals surface area contributed by atoms with E-state index < -0.39 is 20.0 Å².